The summed E-state index contributed by atoms with van der Waals surface area (Å²) in [5.41, 5.74) is 2.40. The zero-order valence-corrected chi connectivity index (χ0v) is 14.7. The number of rotatable bonds is 5. The summed E-state index contributed by atoms with van der Waals surface area (Å²) in [6.45, 7) is 8.27. The molecule has 2 aliphatic rings. The number of hydrogen-bond donors (Lipinski definition) is 2. The van der Waals surface area contributed by atoms with Crippen molar-refractivity contribution in [3.05, 3.63) is 17.7 Å². The van der Waals surface area contributed by atoms with Gasteiger partial charge in [0.15, 0.2) is 0 Å². The minimum atomic E-state index is -0.130. The largest absolute Gasteiger partial charge is 0.355 e. The fraction of sp³-hybridized carbons (Fsp3) is 0.778. The van der Waals surface area contributed by atoms with Gasteiger partial charge >= 0.3 is 0 Å². The molecule has 2 N–H and O–H groups in total. The number of nitrogens with one attached hydrogen (secondary N) is 2. The summed E-state index contributed by atoms with van der Waals surface area (Å²) in [6.07, 6.45) is 8.32. The smallest absolute Gasteiger partial charge is 0.237 e. The van der Waals surface area contributed by atoms with Gasteiger partial charge in [0.2, 0.25) is 5.91 Å². The zero-order valence-electron chi connectivity index (χ0n) is 14.7. The first-order valence-corrected chi connectivity index (χ1v) is 9.15. The molecule has 1 amide bonds. The minimum Gasteiger partial charge on any atom is -0.355 e. The number of fused-ring (bicyclic) bond motifs is 2. The molecular formula is C18H30N4O. The molecule has 1 saturated carbocycles. The molecule has 1 atom stereocenters. The molecule has 2 heterocycles. The van der Waals surface area contributed by atoms with Gasteiger partial charge in [-0.25, -0.2) is 4.98 Å². The number of imidazole rings is 1. The first-order chi connectivity index (χ1) is 11.1. The van der Waals surface area contributed by atoms with Gasteiger partial charge < -0.3 is 9.88 Å². The lowest BCUT2D eigenvalue weighted by atomic mass is 9.84. The third kappa shape index (κ3) is 3.16. The zero-order chi connectivity index (χ0) is 16.4. The van der Waals surface area contributed by atoms with Gasteiger partial charge in [0.1, 0.15) is 0 Å². The lowest BCUT2D eigenvalue weighted by molar-refractivity contribution is -0.124. The third-order valence-electron chi connectivity index (χ3n) is 5.13. The second kappa shape index (κ2) is 6.63. The molecule has 1 aromatic rings. The Morgan fingerprint density at radius 3 is 2.87 bits per heavy atom. The van der Waals surface area contributed by atoms with E-state index in [4.69, 9.17) is 4.98 Å². The van der Waals surface area contributed by atoms with Crippen LogP contribution in [-0.4, -0.2) is 28.0 Å². The average molecular weight is 318 g/mol. The molecule has 5 nitrogen and oxygen atoms in total. The highest BCUT2D eigenvalue weighted by Gasteiger charge is 2.46. The van der Waals surface area contributed by atoms with Gasteiger partial charge in [0.25, 0.3) is 0 Å². The maximum absolute atomic E-state index is 12.6. The topological polar surface area (TPSA) is 59.0 Å². The van der Waals surface area contributed by atoms with Crippen LogP contribution < -0.4 is 10.6 Å². The Morgan fingerprint density at radius 1 is 1.48 bits per heavy atom. The summed E-state index contributed by atoms with van der Waals surface area (Å²) < 4.78 is 2.28. The molecule has 23 heavy (non-hydrogen) atoms. The first-order valence-electron chi connectivity index (χ1n) is 9.15. The molecule has 0 radical (unpaired) electrons. The van der Waals surface area contributed by atoms with Gasteiger partial charge in [-0.3, -0.25) is 10.1 Å². The van der Waals surface area contributed by atoms with E-state index in [1.807, 2.05) is 6.33 Å². The third-order valence-corrected chi connectivity index (χ3v) is 5.13. The molecule has 0 saturated heterocycles. The number of carbonyl (C=O) groups excluding carboxylic acids is 1. The summed E-state index contributed by atoms with van der Waals surface area (Å²) in [5.74, 6) is 0.719. The Kier molecular flexibility index (Phi) is 4.76. The number of nitrogens with zero attached hydrogens (tertiary/aromatic N) is 2. The molecule has 1 aromatic heterocycles. The molecule has 0 aromatic carbocycles. The Morgan fingerprint density at radius 2 is 2.22 bits per heavy atom. The lowest BCUT2D eigenvalue weighted by Gasteiger charge is -2.38. The van der Waals surface area contributed by atoms with Crippen molar-refractivity contribution < 1.29 is 4.79 Å². The molecule has 1 fully saturated rings. The van der Waals surface area contributed by atoms with Crippen LogP contribution in [0.4, 0.5) is 0 Å². The first kappa shape index (κ1) is 16.5. The van der Waals surface area contributed by atoms with Crippen LogP contribution in [0.2, 0.25) is 0 Å². The van der Waals surface area contributed by atoms with Crippen LogP contribution in [0, 0.1) is 5.92 Å². The van der Waals surface area contributed by atoms with E-state index in [1.54, 1.807) is 0 Å². The van der Waals surface area contributed by atoms with E-state index in [2.05, 4.69) is 36.0 Å². The van der Waals surface area contributed by atoms with Crippen LogP contribution in [0.15, 0.2) is 6.33 Å². The number of hydrogen-bond acceptors (Lipinski definition) is 3. The molecule has 5 heteroatoms. The maximum Gasteiger partial charge on any atom is 0.237 e. The highest BCUT2D eigenvalue weighted by atomic mass is 16.2. The fourth-order valence-electron chi connectivity index (χ4n) is 4.11. The average Bonchev–Trinajstić information content (AvgIpc) is 3.13. The molecule has 1 aliphatic carbocycles. The SMILES string of the molecule is CCCNC(=O)C1Cc2c(ncn2CC(C)C)C2(CCCC2)N1. The lowest BCUT2D eigenvalue weighted by Crippen LogP contribution is -2.57. The molecular weight excluding hydrogens is 288 g/mol. The highest BCUT2D eigenvalue weighted by Crippen LogP contribution is 2.42. The van der Waals surface area contributed by atoms with Gasteiger partial charge in [0.05, 0.1) is 23.6 Å². The summed E-state index contributed by atoms with van der Waals surface area (Å²) in [5, 5.41) is 6.73. The van der Waals surface area contributed by atoms with Crippen molar-refractivity contribution in [1.29, 1.82) is 0 Å². The molecule has 128 valence electrons. The normalized spacial score (nSPS) is 22.5. The van der Waals surface area contributed by atoms with Crippen LogP contribution in [0.5, 0.6) is 0 Å². The molecule has 0 bridgehead atoms. The summed E-state index contributed by atoms with van der Waals surface area (Å²) in [4.78, 5) is 17.3. The Hall–Kier alpha value is -1.36. The van der Waals surface area contributed by atoms with E-state index < -0.39 is 0 Å². The minimum absolute atomic E-state index is 0.0793. The van der Waals surface area contributed by atoms with Crippen molar-refractivity contribution in [3.8, 4) is 0 Å². The quantitative estimate of drug-likeness (QED) is 0.876. The van der Waals surface area contributed by atoms with E-state index in [0.29, 0.717) is 5.92 Å². The van der Waals surface area contributed by atoms with Gasteiger partial charge in [-0.2, -0.15) is 0 Å². The van der Waals surface area contributed by atoms with Crippen LogP contribution in [0.3, 0.4) is 0 Å². The van der Waals surface area contributed by atoms with Gasteiger partial charge in [-0.1, -0.05) is 33.6 Å². The Balaban J connectivity index is 1.90. The highest BCUT2D eigenvalue weighted by molar-refractivity contribution is 5.82. The second-order valence-corrected chi connectivity index (χ2v) is 7.57. The van der Waals surface area contributed by atoms with Crippen LogP contribution >= 0.6 is 0 Å². The van der Waals surface area contributed by atoms with Crippen molar-refractivity contribution >= 4 is 5.91 Å². The van der Waals surface area contributed by atoms with Gasteiger partial charge in [-0.15, -0.1) is 0 Å². The van der Waals surface area contributed by atoms with Crippen molar-refractivity contribution in [3.63, 3.8) is 0 Å². The van der Waals surface area contributed by atoms with E-state index in [9.17, 15) is 4.79 Å². The Labute approximate surface area is 139 Å². The number of aromatic nitrogens is 2. The second-order valence-electron chi connectivity index (χ2n) is 7.57. The predicted octanol–water partition coefficient (Wildman–Crippen LogP) is 2.35. The molecule has 1 aliphatic heterocycles. The fourth-order valence-corrected chi connectivity index (χ4v) is 4.11. The van der Waals surface area contributed by atoms with Crippen LogP contribution in [0.25, 0.3) is 0 Å². The van der Waals surface area contributed by atoms with E-state index >= 15 is 0 Å². The summed E-state index contributed by atoms with van der Waals surface area (Å²) in [7, 11) is 0. The van der Waals surface area contributed by atoms with Crippen molar-refractivity contribution in [2.45, 2.75) is 77.4 Å². The molecule has 1 unspecified atom stereocenters. The van der Waals surface area contributed by atoms with Crippen molar-refractivity contribution in [2.75, 3.05) is 6.54 Å². The molecule has 1 spiro atoms. The molecule has 3 rings (SSSR count). The number of amides is 1. The monoisotopic (exact) mass is 318 g/mol. The van der Waals surface area contributed by atoms with Crippen LogP contribution in [-0.2, 0) is 23.3 Å². The van der Waals surface area contributed by atoms with E-state index in [1.165, 1.54) is 24.2 Å². The van der Waals surface area contributed by atoms with Gasteiger partial charge in [0, 0.05) is 25.2 Å². The summed E-state index contributed by atoms with van der Waals surface area (Å²) >= 11 is 0. The standard InChI is InChI=1S/C18H30N4O/c1-4-9-19-17(23)14-10-15-16(18(21-14)7-5-6-8-18)20-12-22(15)11-13(2)3/h12-14,21H,4-11H2,1-3H3,(H,19,23). The number of carbonyl (C=O) groups is 1. The van der Waals surface area contributed by atoms with Crippen LogP contribution in [0.1, 0.15) is 64.3 Å². The van der Waals surface area contributed by atoms with Gasteiger partial charge in [-0.05, 0) is 25.2 Å². The van der Waals surface area contributed by atoms with Crippen molar-refractivity contribution in [2.24, 2.45) is 5.92 Å². The summed E-state index contributed by atoms with van der Waals surface area (Å²) in [6, 6.07) is -0.130. The Bertz CT molecular complexity index is 557. The maximum atomic E-state index is 12.6. The van der Waals surface area contributed by atoms with E-state index in [0.717, 1.165) is 38.8 Å². The van der Waals surface area contributed by atoms with Crippen molar-refractivity contribution in [1.82, 2.24) is 20.2 Å². The van der Waals surface area contributed by atoms with E-state index in [-0.39, 0.29) is 17.5 Å². The predicted molar refractivity (Wildman–Crippen MR) is 91.1 cm³/mol.